The number of hydrogen-bond acceptors (Lipinski definition) is 4. The van der Waals surface area contributed by atoms with Crippen molar-refractivity contribution in [1.29, 1.82) is 5.26 Å². The van der Waals surface area contributed by atoms with Crippen molar-refractivity contribution in [2.75, 3.05) is 14.1 Å². The monoisotopic (exact) mass is 255 g/mol. The van der Waals surface area contributed by atoms with Crippen LogP contribution in [0.5, 0.6) is 0 Å². The van der Waals surface area contributed by atoms with Crippen molar-refractivity contribution in [3.63, 3.8) is 0 Å². The predicted molar refractivity (Wildman–Crippen MR) is 72.4 cm³/mol. The molecule has 0 bridgehead atoms. The molecule has 0 fully saturated rings. The number of hydrogen-bond donors (Lipinski definition) is 0. The summed E-state index contributed by atoms with van der Waals surface area (Å²) in [4.78, 5) is 13.5. The third kappa shape index (κ3) is 2.15. The van der Waals surface area contributed by atoms with Crippen LogP contribution in [0.25, 0.3) is 15.1 Å². The minimum Gasteiger partial charge on any atom is -0.369 e. The molecule has 2 aromatic rings. The Balaban J connectivity index is 2.64. The summed E-state index contributed by atoms with van der Waals surface area (Å²) < 4.78 is 0.719. The van der Waals surface area contributed by atoms with Crippen LogP contribution in [0.4, 0.5) is 10.8 Å². The molecule has 0 N–H and O–H groups in total. The number of aliphatic imine (C=N–C) groups is 1. The van der Waals surface area contributed by atoms with E-state index in [2.05, 4.69) is 20.9 Å². The van der Waals surface area contributed by atoms with E-state index in [1.165, 1.54) is 11.3 Å². The van der Waals surface area contributed by atoms with Gasteiger partial charge in [0.2, 0.25) is 0 Å². The smallest absolute Gasteiger partial charge is 0.330 e. The van der Waals surface area contributed by atoms with E-state index in [9.17, 15) is 5.26 Å². The molecule has 88 valence electrons. The first-order chi connectivity index (χ1) is 8.65. The lowest BCUT2D eigenvalue weighted by molar-refractivity contribution is 0.643. The Morgan fingerprint density at radius 1 is 1.56 bits per heavy atom. The van der Waals surface area contributed by atoms with Crippen LogP contribution in [0.2, 0.25) is 0 Å². The average Bonchev–Trinajstić information content (AvgIpc) is 2.78. The molecule has 2 rings (SSSR count). The Morgan fingerprint density at radius 3 is 2.94 bits per heavy atom. The quantitative estimate of drug-likeness (QED) is 0.471. The van der Waals surface area contributed by atoms with Crippen molar-refractivity contribution in [3.8, 4) is 6.07 Å². The largest absolute Gasteiger partial charge is 0.369 e. The molecule has 1 heterocycles. The van der Waals surface area contributed by atoms with Gasteiger partial charge < -0.3 is 9.74 Å². The fourth-order valence-corrected chi connectivity index (χ4v) is 2.25. The summed E-state index contributed by atoms with van der Waals surface area (Å²) in [6, 6.07) is 5.66. The number of aromatic nitrogens is 1. The van der Waals surface area contributed by atoms with Crippen LogP contribution in [-0.2, 0) is 0 Å². The van der Waals surface area contributed by atoms with E-state index in [1.807, 2.05) is 14.1 Å². The van der Waals surface area contributed by atoms with Gasteiger partial charge in [-0.1, -0.05) is 6.57 Å². The molecule has 0 aliphatic heterocycles. The zero-order valence-electron chi connectivity index (χ0n) is 9.88. The van der Waals surface area contributed by atoms with Crippen molar-refractivity contribution in [2.45, 2.75) is 0 Å². The topological polar surface area (TPSA) is 56.6 Å². The second-order valence-corrected chi connectivity index (χ2v) is 4.71. The van der Waals surface area contributed by atoms with Crippen molar-refractivity contribution >= 4 is 38.7 Å². The van der Waals surface area contributed by atoms with E-state index < -0.39 is 0 Å². The summed E-state index contributed by atoms with van der Waals surface area (Å²) in [5.41, 5.74) is 1.74. The van der Waals surface area contributed by atoms with Crippen LogP contribution in [0, 0.1) is 17.9 Å². The third-order valence-electron chi connectivity index (χ3n) is 2.16. The van der Waals surface area contributed by atoms with Gasteiger partial charge in [0, 0.05) is 14.1 Å². The molecule has 1 aromatic carbocycles. The first kappa shape index (κ1) is 12.0. The second kappa shape index (κ2) is 4.82. The Kier molecular flexibility index (Phi) is 3.22. The standard InChI is InChI=1S/C12H9N5S/c1-14-12-16-10-5-4-9(15-7-17(2)3)8(6-13)11(10)18-12/h4-5,7H,2-3H3. The van der Waals surface area contributed by atoms with Gasteiger partial charge in [0.25, 0.3) is 0 Å². The van der Waals surface area contributed by atoms with E-state index in [0.717, 1.165) is 4.70 Å². The molecule has 0 atom stereocenters. The molecule has 0 amide bonds. The second-order valence-electron chi connectivity index (χ2n) is 3.74. The highest BCUT2D eigenvalue weighted by Crippen LogP contribution is 2.35. The minimum absolute atomic E-state index is 0.343. The SMILES string of the molecule is [C-]#[N+]c1nc2ccc(N=CN(C)C)c(C#N)c2s1. The summed E-state index contributed by atoms with van der Waals surface area (Å²) in [7, 11) is 3.72. The van der Waals surface area contributed by atoms with Crippen molar-refractivity contribution in [2.24, 2.45) is 4.99 Å². The van der Waals surface area contributed by atoms with Crippen molar-refractivity contribution in [3.05, 3.63) is 29.1 Å². The summed E-state index contributed by atoms with van der Waals surface area (Å²) >= 11 is 1.22. The number of rotatable bonds is 2. The van der Waals surface area contributed by atoms with E-state index in [0.29, 0.717) is 21.9 Å². The van der Waals surface area contributed by atoms with Gasteiger partial charge in [-0.05, 0) is 12.1 Å². The number of benzene rings is 1. The van der Waals surface area contributed by atoms with Crippen LogP contribution in [0.3, 0.4) is 0 Å². The molecule has 1 aromatic heterocycles. The maximum Gasteiger partial charge on any atom is 0.330 e. The van der Waals surface area contributed by atoms with Gasteiger partial charge in [0.15, 0.2) is 5.52 Å². The molecular formula is C12H9N5S. The zero-order valence-corrected chi connectivity index (χ0v) is 10.7. The lowest BCUT2D eigenvalue weighted by Gasteiger charge is -2.03. The number of thiazole rings is 1. The summed E-state index contributed by atoms with van der Waals surface area (Å²) in [5.74, 6) is 0. The van der Waals surface area contributed by atoms with Crippen LogP contribution in [0.15, 0.2) is 17.1 Å². The molecule has 0 spiro atoms. The molecular weight excluding hydrogens is 246 g/mol. The molecule has 0 aliphatic carbocycles. The molecule has 0 saturated carbocycles. The Hall–Kier alpha value is -2.44. The van der Waals surface area contributed by atoms with Gasteiger partial charge in [-0.15, -0.1) is 16.3 Å². The van der Waals surface area contributed by atoms with Crippen molar-refractivity contribution in [1.82, 2.24) is 9.88 Å². The zero-order chi connectivity index (χ0) is 13.1. The summed E-state index contributed by atoms with van der Waals surface area (Å²) in [6.45, 7) is 6.95. The lowest BCUT2D eigenvalue weighted by Crippen LogP contribution is -2.07. The lowest BCUT2D eigenvalue weighted by atomic mass is 10.2. The molecule has 5 nitrogen and oxygen atoms in total. The van der Waals surface area contributed by atoms with Gasteiger partial charge >= 0.3 is 5.13 Å². The van der Waals surface area contributed by atoms with Gasteiger partial charge in [-0.3, -0.25) is 0 Å². The number of nitriles is 1. The normalized spacial score (nSPS) is 10.4. The minimum atomic E-state index is 0.343. The number of fused-ring (bicyclic) bond motifs is 1. The molecule has 18 heavy (non-hydrogen) atoms. The van der Waals surface area contributed by atoms with Gasteiger partial charge in [-0.2, -0.15) is 5.26 Å². The maximum atomic E-state index is 9.23. The van der Waals surface area contributed by atoms with Gasteiger partial charge in [0.05, 0.1) is 22.3 Å². The molecule has 0 aliphatic rings. The Labute approximate surface area is 108 Å². The highest BCUT2D eigenvalue weighted by atomic mass is 32.1. The fourth-order valence-electron chi connectivity index (χ4n) is 1.41. The number of nitrogens with zero attached hydrogens (tertiary/aromatic N) is 5. The van der Waals surface area contributed by atoms with E-state index in [1.54, 1.807) is 23.4 Å². The Bertz CT molecular complexity index is 700. The molecule has 0 saturated heterocycles. The van der Waals surface area contributed by atoms with Crippen LogP contribution in [-0.4, -0.2) is 30.3 Å². The van der Waals surface area contributed by atoms with Crippen LogP contribution in [0.1, 0.15) is 5.56 Å². The van der Waals surface area contributed by atoms with E-state index >= 15 is 0 Å². The molecule has 6 heteroatoms. The summed E-state index contributed by atoms with van der Waals surface area (Å²) in [6.07, 6.45) is 1.64. The predicted octanol–water partition coefficient (Wildman–Crippen LogP) is 2.94. The van der Waals surface area contributed by atoms with E-state index in [-0.39, 0.29) is 0 Å². The van der Waals surface area contributed by atoms with Crippen LogP contribution >= 0.6 is 11.3 Å². The first-order valence-electron chi connectivity index (χ1n) is 5.07. The highest BCUT2D eigenvalue weighted by Gasteiger charge is 2.13. The maximum absolute atomic E-state index is 9.23. The summed E-state index contributed by atoms with van der Waals surface area (Å²) in [5, 5.41) is 9.57. The third-order valence-corrected chi connectivity index (χ3v) is 3.14. The van der Waals surface area contributed by atoms with Crippen molar-refractivity contribution < 1.29 is 0 Å². The molecule has 0 radical (unpaired) electrons. The Morgan fingerprint density at radius 2 is 2.33 bits per heavy atom. The van der Waals surface area contributed by atoms with Crippen LogP contribution < -0.4 is 0 Å². The van der Waals surface area contributed by atoms with Gasteiger partial charge in [-0.25, -0.2) is 4.99 Å². The fraction of sp³-hybridized carbons (Fsp3) is 0.167. The average molecular weight is 255 g/mol. The highest BCUT2D eigenvalue weighted by molar-refractivity contribution is 7.22. The van der Waals surface area contributed by atoms with Gasteiger partial charge in [0.1, 0.15) is 6.07 Å². The van der Waals surface area contributed by atoms with E-state index in [4.69, 9.17) is 6.57 Å². The molecule has 0 unspecified atom stereocenters. The first-order valence-corrected chi connectivity index (χ1v) is 5.89.